The molecule has 2 aromatic rings. The zero-order valence-electron chi connectivity index (χ0n) is 18.1. The smallest absolute Gasteiger partial charge is 0.343 e. The fraction of sp³-hybridized carbons (Fsp3) is 0.227. The number of guanidine groups is 1. The average molecular weight is 505 g/mol. The number of nitrogens with two attached hydrogens (primary N) is 2. The standard InChI is InChI=1S/C22H21ClN4O8/c23-11-7-14(19(30)27-15(20(31)32)9-17(28)29)18-16(8-11)35-21(33)13-4-3-12(26-22(24)25)6-10(13)2-1-5-34-18/h3-4,6-8,15H,1-2,5,9H2,(H,27,30)(H,28,29)(H,31,32)(H4,24,25,26)/t15-/m0/s1. The lowest BCUT2D eigenvalue weighted by atomic mass is 10.0. The van der Waals surface area contributed by atoms with E-state index in [2.05, 4.69) is 10.3 Å². The van der Waals surface area contributed by atoms with Crippen LogP contribution < -0.4 is 26.3 Å². The molecule has 1 atom stereocenters. The lowest BCUT2D eigenvalue weighted by molar-refractivity contribution is -0.145. The molecule has 2 aromatic carbocycles. The third-order valence-electron chi connectivity index (χ3n) is 4.85. The van der Waals surface area contributed by atoms with Gasteiger partial charge in [0, 0.05) is 11.1 Å². The van der Waals surface area contributed by atoms with Crippen LogP contribution in [0.2, 0.25) is 5.02 Å². The second kappa shape index (κ2) is 10.7. The van der Waals surface area contributed by atoms with Crippen molar-refractivity contribution >= 4 is 47.1 Å². The van der Waals surface area contributed by atoms with Crippen molar-refractivity contribution in [3.8, 4) is 11.5 Å². The molecular formula is C22H21ClN4O8. The molecule has 7 N–H and O–H groups in total. The second-order valence-corrected chi connectivity index (χ2v) is 7.90. The Morgan fingerprint density at radius 3 is 2.57 bits per heavy atom. The Morgan fingerprint density at radius 2 is 1.91 bits per heavy atom. The van der Waals surface area contributed by atoms with E-state index in [-0.39, 0.29) is 40.2 Å². The van der Waals surface area contributed by atoms with Crippen LogP contribution in [0, 0.1) is 0 Å². The number of halogens is 1. The largest absolute Gasteiger partial charge is 0.489 e. The number of carboxylic acids is 2. The van der Waals surface area contributed by atoms with E-state index in [1.807, 2.05) is 0 Å². The molecule has 0 radical (unpaired) electrons. The summed E-state index contributed by atoms with van der Waals surface area (Å²) in [5.41, 5.74) is 11.9. The minimum atomic E-state index is -1.71. The van der Waals surface area contributed by atoms with Gasteiger partial charge in [0.15, 0.2) is 17.5 Å². The molecule has 0 saturated heterocycles. The van der Waals surface area contributed by atoms with E-state index in [0.29, 0.717) is 24.1 Å². The van der Waals surface area contributed by atoms with Crippen LogP contribution in [0.1, 0.15) is 39.1 Å². The number of ether oxygens (including phenoxy) is 2. The predicted octanol–water partition coefficient (Wildman–Crippen LogP) is 1.45. The number of carboxylic acid groups (broad SMARTS) is 2. The quantitative estimate of drug-likeness (QED) is 0.166. The zero-order valence-corrected chi connectivity index (χ0v) is 18.9. The molecule has 35 heavy (non-hydrogen) atoms. The Labute approximate surface area is 203 Å². The molecule has 1 amide bonds. The number of hydrogen-bond donors (Lipinski definition) is 5. The van der Waals surface area contributed by atoms with Crippen molar-refractivity contribution in [3.05, 3.63) is 52.0 Å². The van der Waals surface area contributed by atoms with Gasteiger partial charge in [-0.05, 0) is 42.7 Å². The van der Waals surface area contributed by atoms with Crippen molar-refractivity contribution in [2.45, 2.75) is 25.3 Å². The van der Waals surface area contributed by atoms with Crippen molar-refractivity contribution in [3.63, 3.8) is 0 Å². The molecule has 1 aliphatic heterocycles. The van der Waals surface area contributed by atoms with Crippen molar-refractivity contribution in [2.24, 2.45) is 16.5 Å². The number of esters is 1. The number of fused-ring (bicyclic) bond motifs is 2. The van der Waals surface area contributed by atoms with E-state index < -0.39 is 36.3 Å². The van der Waals surface area contributed by atoms with Crippen LogP contribution in [0.4, 0.5) is 5.69 Å². The highest BCUT2D eigenvalue weighted by molar-refractivity contribution is 6.31. The van der Waals surface area contributed by atoms with Crippen LogP contribution in [-0.2, 0) is 16.0 Å². The second-order valence-electron chi connectivity index (χ2n) is 7.46. The number of nitrogens with one attached hydrogen (secondary N) is 1. The first kappa shape index (κ1) is 25.3. The Morgan fingerprint density at radius 1 is 1.17 bits per heavy atom. The fourth-order valence-corrected chi connectivity index (χ4v) is 3.58. The van der Waals surface area contributed by atoms with E-state index >= 15 is 0 Å². The van der Waals surface area contributed by atoms with Gasteiger partial charge in [0.25, 0.3) is 5.91 Å². The summed E-state index contributed by atoms with van der Waals surface area (Å²) in [6.45, 7) is 0.0932. The van der Waals surface area contributed by atoms with Crippen LogP contribution in [0.25, 0.3) is 0 Å². The van der Waals surface area contributed by atoms with E-state index in [4.69, 9.17) is 37.6 Å². The summed E-state index contributed by atoms with van der Waals surface area (Å²) in [5.74, 6) is -5.13. The summed E-state index contributed by atoms with van der Waals surface area (Å²) in [4.78, 5) is 52.1. The number of carbonyl (C=O) groups excluding carboxylic acids is 2. The van der Waals surface area contributed by atoms with Crippen molar-refractivity contribution in [1.82, 2.24) is 5.32 Å². The number of benzene rings is 2. The van der Waals surface area contributed by atoms with Crippen molar-refractivity contribution in [1.29, 1.82) is 0 Å². The molecular weight excluding hydrogens is 484 g/mol. The fourth-order valence-electron chi connectivity index (χ4n) is 3.37. The normalized spacial score (nSPS) is 13.7. The van der Waals surface area contributed by atoms with Gasteiger partial charge in [-0.25, -0.2) is 14.6 Å². The molecule has 0 aliphatic carbocycles. The molecule has 0 unspecified atom stereocenters. The highest BCUT2D eigenvalue weighted by Gasteiger charge is 2.28. The highest BCUT2D eigenvalue weighted by Crippen LogP contribution is 2.37. The summed E-state index contributed by atoms with van der Waals surface area (Å²) in [7, 11) is 0. The molecule has 0 bridgehead atoms. The topological polar surface area (TPSA) is 204 Å². The zero-order chi connectivity index (χ0) is 25.7. The average Bonchev–Trinajstić information content (AvgIpc) is 2.76. The Kier molecular flexibility index (Phi) is 7.76. The molecule has 12 nitrogen and oxygen atoms in total. The number of nitrogens with zero attached hydrogens (tertiary/aromatic N) is 1. The first-order valence-corrected chi connectivity index (χ1v) is 10.6. The van der Waals surface area contributed by atoms with E-state index in [1.165, 1.54) is 24.3 Å². The van der Waals surface area contributed by atoms with Gasteiger partial charge in [-0.1, -0.05) is 11.6 Å². The molecule has 1 aliphatic rings. The number of rotatable bonds is 6. The van der Waals surface area contributed by atoms with Gasteiger partial charge in [-0.2, -0.15) is 0 Å². The van der Waals surface area contributed by atoms with Crippen LogP contribution in [-0.4, -0.2) is 52.6 Å². The maximum atomic E-state index is 13.0. The van der Waals surface area contributed by atoms with Crippen LogP contribution >= 0.6 is 11.6 Å². The maximum Gasteiger partial charge on any atom is 0.343 e. The number of aliphatic carboxylic acids is 2. The summed E-state index contributed by atoms with van der Waals surface area (Å²) >= 11 is 6.12. The number of amides is 1. The lowest BCUT2D eigenvalue weighted by Gasteiger charge is -2.20. The summed E-state index contributed by atoms with van der Waals surface area (Å²) < 4.78 is 11.2. The van der Waals surface area contributed by atoms with Gasteiger partial charge in [-0.15, -0.1) is 0 Å². The molecule has 0 fully saturated rings. The maximum absolute atomic E-state index is 13.0. The van der Waals surface area contributed by atoms with Crippen LogP contribution in [0.5, 0.6) is 11.5 Å². The SMILES string of the molecule is NC(N)=Nc1ccc2c(c1)CCCOc1c(cc(Cl)cc1C(=O)N[C@@H](CC(=O)O)C(=O)O)OC2=O. The Balaban J connectivity index is 1.98. The Hall–Kier alpha value is -4.32. The van der Waals surface area contributed by atoms with Gasteiger partial charge < -0.3 is 36.5 Å². The summed E-state index contributed by atoms with van der Waals surface area (Å²) in [6.07, 6.45) is -0.0356. The minimum Gasteiger partial charge on any atom is -0.489 e. The number of hydrogen-bond acceptors (Lipinski definition) is 7. The van der Waals surface area contributed by atoms with E-state index in [9.17, 15) is 24.3 Å². The third-order valence-corrected chi connectivity index (χ3v) is 5.07. The van der Waals surface area contributed by atoms with Gasteiger partial charge in [-0.3, -0.25) is 9.59 Å². The van der Waals surface area contributed by atoms with Gasteiger partial charge >= 0.3 is 17.9 Å². The van der Waals surface area contributed by atoms with Crippen LogP contribution in [0.3, 0.4) is 0 Å². The number of aryl methyl sites for hydroxylation is 1. The summed E-state index contributed by atoms with van der Waals surface area (Å²) in [5, 5.41) is 20.3. The number of carbonyl (C=O) groups is 4. The molecule has 0 saturated carbocycles. The number of aliphatic imine (C=N–C) groups is 1. The molecule has 0 spiro atoms. The monoisotopic (exact) mass is 504 g/mol. The van der Waals surface area contributed by atoms with Gasteiger partial charge in [0.1, 0.15) is 6.04 Å². The van der Waals surface area contributed by atoms with Crippen LogP contribution in [0.15, 0.2) is 35.3 Å². The summed E-state index contributed by atoms with van der Waals surface area (Å²) in [6, 6.07) is 5.45. The molecule has 3 rings (SSSR count). The predicted molar refractivity (Wildman–Crippen MR) is 123 cm³/mol. The molecule has 1 heterocycles. The molecule has 184 valence electrons. The third kappa shape index (κ3) is 6.38. The van der Waals surface area contributed by atoms with Crippen molar-refractivity contribution in [2.75, 3.05) is 6.61 Å². The Bertz CT molecular complexity index is 1230. The molecule has 0 aromatic heterocycles. The highest BCUT2D eigenvalue weighted by atomic mass is 35.5. The molecule has 13 heteroatoms. The van der Waals surface area contributed by atoms with E-state index in [1.54, 1.807) is 6.07 Å². The van der Waals surface area contributed by atoms with Gasteiger partial charge in [0.2, 0.25) is 0 Å². The van der Waals surface area contributed by atoms with E-state index in [0.717, 1.165) is 0 Å². The first-order valence-electron chi connectivity index (χ1n) is 10.2. The van der Waals surface area contributed by atoms with Gasteiger partial charge in [0.05, 0.1) is 29.8 Å². The minimum absolute atomic E-state index is 0.00389. The lowest BCUT2D eigenvalue weighted by Crippen LogP contribution is -2.42. The van der Waals surface area contributed by atoms with Crippen molar-refractivity contribution < 1.29 is 38.9 Å². The first-order chi connectivity index (χ1) is 16.5.